The Bertz CT molecular complexity index is 1550. The van der Waals surface area contributed by atoms with Crippen LogP contribution in [0.1, 0.15) is 22.8 Å². The summed E-state index contributed by atoms with van der Waals surface area (Å²) in [6.07, 6.45) is -15.2. The monoisotopic (exact) mass is 647 g/mol. The number of anilines is 1. The van der Waals surface area contributed by atoms with Crippen LogP contribution in [0.15, 0.2) is 91.0 Å². The zero-order chi connectivity index (χ0) is 31.4. The van der Waals surface area contributed by atoms with E-state index in [0.717, 1.165) is 24.3 Å². The van der Waals surface area contributed by atoms with Gasteiger partial charge in [0.15, 0.2) is 0 Å². The van der Waals surface area contributed by atoms with Gasteiger partial charge in [0.05, 0.1) is 16.7 Å². The van der Waals surface area contributed by atoms with E-state index in [2.05, 4.69) is 4.74 Å². The topological polar surface area (TPSA) is 41.9 Å². The molecule has 0 amide bonds. The first-order chi connectivity index (χ1) is 20.2. The molecule has 0 saturated carbocycles. The van der Waals surface area contributed by atoms with Crippen molar-refractivity contribution in [2.24, 2.45) is 0 Å². The highest BCUT2D eigenvalue weighted by Gasteiger charge is 2.44. The van der Waals surface area contributed by atoms with E-state index in [9.17, 15) is 35.8 Å². The maximum absolute atomic E-state index is 13.7. The molecule has 0 spiro atoms. The summed E-state index contributed by atoms with van der Waals surface area (Å²) in [5, 5.41) is 11.4. The normalized spacial score (nSPS) is 12.7. The second-order valence-corrected chi connectivity index (χ2v) is 10.0. The maximum Gasteiger partial charge on any atom is 0.461 e. The minimum Gasteiger partial charge on any atom is -0.456 e. The van der Waals surface area contributed by atoms with E-state index in [4.69, 9.17) is 27.9 Å². The Morgan fingerprint density at radius 1 is 0.791 bits per heavy atom. The Kier molecular flexibility index (Phi) is 9.99. The molecule has 1 unspecified atom stereocenters. The van der Waals surface area contributed by atoms with Gasteiger partial charge in [-0.1, -0.05) is 65.7 Å². The van der Waals surface area contributed by atoms with Crippen molar-refractivity contribution in [3.05, 3.63) is 118 Å². The van der Waals surface area contributed by atoms with Crippen LogP contribution in [0.4, 0.5) is 36.4 Å². The highest BCUT2D eigenvalue weighted by Crippen LogP contribution is 2.38. The molecular weight excluding hydrogens is 626 g/mol. The molecule has 43 heavy (non-hydrogen) atoms. The average molecular weight is 648 g/mol. The molecule has 0 radical (unpaired) electrons. The van der Waals surface area contributed by atoms with Gasteiger partial charge in [0.1, 0.15) is 22.3 Å². The first-order valence-corrected chi connectivity index (χ1v) is 13.2. The molecule has 228 valence electrons. The number of benzene rings is 4. The number of nitrogens with zero attached hydrogens (tertiary/aromatic N) is 1. The van der Waals surface area contributed by atoms with E-state index >= 15 is 0 Å². The lowest BCUT2D eigenvalue weighted by atomic mass is 10.0. The third-order valence-electron chi connectivity index (χ3n) is 6.13. The molecule has 4 aromatic rings. The minimum atomic E-state index is -4.75. The molecule has 4 rings (SSSR count). The summed E-state index contributed by atoms with van der Waals surface area (Å²) in [5.74, 6) is -0.0780. The van der Waals surface area contributed by atoms with E-state index in [1.807, 2.05) is 0 Å². The van der Waals surface area contributed by atoms with E-state index < -0.39 is 42.7 Å². The molecular formula is C30H22Cl2F7NO3. The molecule has 0 aliphatic carbocycles. The van der Waals surface area contributed by atoms with Gasteiger partial charge in [-0.2, -0.15) is 30.7 Å². The van der Waals surface area contributed by atoms with Crippen LogP contribution in [-0.4, -0.2) is 24.2 Å². The third-order valence-corrected chi connectivity index (χ3v) is 6.93. The van der Waals surface area contributed by atoms with E-state index in [-0.39, 0.29) is 39.2 Å². The van der Waals surface area contributed by atoms with Crippen LogP contribution < -0.4 is 14.4 Å². The summed E-state index contributed by atoms with van der Waals surface area (Å²) in [7, 11) is 0. The Balaban J connectivity index is 1.69. The Morgan fingerprint density at radius 2 is 1.47 bits per heavy atom. The van der Waals surface area contributed by atoms with Gasteiger partial charge in [-0.15, -0.1) is 0 Å². The minimum absolute atomic E-state index is 0.142. The standard InChI is InChI=1S/C30H22Cl2F7NO3/c31-24-12-5-13-26(27(24)32)42-20-8-4-7-19(15-20)40(17-25(41)22-10-1-2-11-23(22)29(35,36)37)16-18-6-3-9-21(14-18)43-30(38,39)28(33)34/h1-15,25,28,41H,16-17H2. The number of aliphatic hydroxyl groups excluding tert-OH is 1. The molecule has 0 aliphatic heterocycles. The van der Waals surface area contributed by atoms with E-state index in [1.54, 1.807) is 36.4 Å². The molecule has 0 aliphatic rings. The van der Waals surface area contributed by atoms with Crippen molar-refractivity contribution >= 4 is 28.9 Å². The van der Waals surface area contributed by atoms with Crippen molar-refractivity contribution in [3.63, 3.8) is 0 Å². The first kappa shape index (κ1) is 32.2. The highest BCUT2D eigenvalue weighted by atomic mass is 35.5. The van der Waals surface area contributed by atoms with Gasteiger partial charge in [-0.25, -0.2) is 0 Å². The molecule has 0 fully saturated rings. The summed E-state index contributed by atoms with van der Waals surface area (Å²) in [6, 6.07) is 20.4. The largest absolute Gasteiger partial charge is 0.461 e. The second-order valence-electron chi connectivity index (χ2n) is 9.24. The Morgan fingerprint density at radius 3 is 2.19 bits per heavy atom. The molecule has 4 nitrogen and oxygen atoms in total. The summed E-state index contributed by atoms with van der Waals surface area (Å²) in [5.41, 5.74) is -0.793. The van der Waals surface area contributed by atoms with Gasteiger partial charge in [0, 0.05) is 24.8 Å². The highest BCUT2D eigenvalue weighted by molar-refractivity contribution is 6.42. The van der Waals surface area contributed by atoms with Gasteiger partial charge >= 0.3 is 18.7 Å². The molecule has 1 atom stereocenters. The molecule has 13 heteroatoms. The number of hydrogen-bond donors (Lipinski definition) is 1. The van der Waals surface area contributed by atoms with Crippen molar-refractivity contribution in [1.29, 1.82) is 0 Å². The van der Waals surface area contributed by atoms with E-state index in [0.29, 0.717) is 5.69 Å². The number of halogens is 9. The summed E-state index contributed by atoms with van der Waals surface area (Å²) >= 11 is 12.3. The van der Waals surface area contributed by atoms with Gasteiger partial charge in [-0.3, -0.25) is 0 Å². The van der Waals surface area contributed by atoms with Gasteiger partial charge in [0.2, 0.25) is 0 Å². The fraction of sp³-hybridized carbons (Fsp3) is 0.200. The van der Waals surface area contributed by atoms with Crippen LogP contribution in [-0.2, 0) is 12.7 Å². The number of hydrogen-bond acceptors (Lipinski definition) is 4. The van der Waals surface area contributed by atoms with Crippen molar-refractivity contribution in [2.45, 2.75) is 31.4 Å². The lowest BCUT2D eigenvalue weighted by Gasteiger charge is -2.29. The zero-order valence-electron chi connectivity index (χ0n) is 21.8. The lowest BCUT2D eigenvalue weighted by Crippen LogP contribution is -2.33. The van der Waals surface area contributed by atoms with Crippen LogP contribution >= 0.6 is 23.2 Å². The third kappa shape index (κ3) is 8.25. The van der Waals surface area contributed by atoms with Crippen molar-refractivity contribution < 1.29 is 45.3 Å². The van der Waals surface area contributed by atoms with Crippen LogP contribution in [0.3, 0.4) is 0 Å². The summed E-state index contributed by atoms with van der Waals surface area (Å²) in [4.78, 5) is 1.47. The molecule has 0 saturated heterocycles. The molecule has 0 heterocycles. The zero-order valence-corrected chi connectivity index (χ0v) is 23.4. The number of aliphatic hydroxyl groups is 1. The van der Waals surface area contributed by atoms with Crippen molar-refractivity contribution in [3.8, 4) is 17.2 Å². The molecule has 0 bridgehead atoms. The fourth-order valence-corrected chi connectivity index (χ4v) is 4.51. The Hall–Kier alpha value is -3.67. The van der Waals surface area contributed by atoms with Crippen LogP contribution in [0.25, 0.3) is 0 Å². The second kappa shape index (κ2) is 13.3. The quantitative estimate of drug-likeness (QED) is 0.165. The SMILES string of the molecule is OC(CN(Cc1cccc(OC(F)(F)C(F)F)c1)c1cccc(Oc2cccc(Cl)c2Cl)c1)c1ccccc1C(F)(F)F. The van der Waals surface area contributed by atoms with Crippen molar-refractivity contribution in [2.75, 3.05) is 11.4 Å². The predicted octanol–water partition coefficient (Wildman–Crippen LogP) is 9.78. The van der Waals surface area contributed by atoms with E-state index in [1.165, 1.54) is 35.2 Å². The lowest BCUT2D eigenvalue weighted by molar-refractivity contribution is -0.253. The number of rotatable bonds is 11. The Labute approximate surface area is 251 Å². The van der Waals surface area contributed by atoms with Gasteiger partial charge in [-0.05, 0) is 53.6 Å². The van der Waals surface area contributed by atoms with Crippen LogP contribution in [0.2, 0.25) is 10.0 Å². The first-order valence-electron chi connectivity index (χ1n) is 12.5. The molecule has 0 aromatic heterocycles. The molecule has 4 aromatic carbocycles. The summed E-state index contributed by atoms with van der Waals surface area (Å²) in [6.45, 7) is -0.559. The smallest absolute Gasteiger partial charge is 0.456 e. The number of alkyl halides is 7. The fourth-order valence-electron chi connectivity index (χ4n) is 4.18. The molecule has 1 N–H and O–H groups in total. The summed E-state index contributed by atoms with van der Waals surface area (Å²) < 4.78 is 103. The average Bonchev–Trinajstić information content (AvgIpc) is 2.95. The van der Waals surface area contributed by atoms with Gasteiger partial charge < -0.3 is 19.5 Å². The van der Waals surface area contributed by atoms with Gasteiger partial charge in [0.25, 0.3) is 0 Å². The number of ether oxygens (including phenoxy) is 2. The van der Waals surface area contributed by atoms with Crippen LogP contribution in [0, 0.1) is 0 Å². The maximum atomic E-state index is 13.7. The van der Waals surface area contributed by atoms with Crippen molar-refractivity contribution in [1.82, 2.24) is 0 Å². The predicted molar refractivity (Wildman–Crippen MR) is 148 cm³/mol. The van der Waals surface area contributed by atoms with Crippen LogP contribution in [0.5, 0.6) is 17.2 Å².